The lowest BCUT2D eigenvalue weighted by Crippen LogP contribution is -2.30. The second kappa shape index (κ2) is 8.89. The summed E-state index contributed by atoms with van der Waals surface area (Å²) in [5, 5.41) is 18.6. The Bertz CT molecular complexity index is 444. The molecule has 1 saturated heterocycles. The van der Waals surface area contributed by atoms with Gasteiger partial charge in [0.1, 0.15) is 0 Å². The molecule has 2 atom stereocenters. The van der Waals surface area contributed by atoms with E-state index in [1.54, 1.807) is 0 Å². The smallest absolute Gasteiger partial charge is 0.427 e. The predicted octanol–water partition coefficient (Wildman–Crippen LogP) is 1.78. The lowest BCUT2D eigenvalue weighted by Gasteiger charge is -2.15. The number of benzene rings is 1. The standard InChI is InChI=1S/C16H26BClN2O2/c18-15-7-5-13(6-8-15)3-2-10-20-11-14(16(19)12-20)4-1-9-17(21)22/h5-8,14,16,21-22H,1-4,9-12,19H2/t14-,16-/m0/s1. The van der Waals surface area contributed by atoms with Crippen LogP contribution in [0.5, 0.6) is 0 Å². The van der Waals surface area contributed by atoms with Crippen LogP contribution in [-0.4, -0.2) is 47.7 Å². The van der Waals surface area contributed by atoms with Crippen molar-refractivity contribution in [2.75, 3.05) is 19.6 Å². The summed E-state index contributed by atoms with van der Waals surface area (Å²) < 4.78 is 0. The Morgan fingerprint density at radius 3 is 2.59 bits per heavy atom. The molecule has 1 fully saturated rings. The van der Waals surface area contributed by atoms with Crippen LogP contribution in [0.4, 0.5) is 0 Å². The summed E-state index contributed by atoms with van der Waals surface area (Å²) in [4.78, 5) is 2.43. The number of nitrogens with two attached hydrogens (primary N) is 1. The first-order chi connectivity index (χ1) is 10.5. The fourth-order valence-corrected chi connectivity index (χ4v) is 3.32. The first kappa shape index (κ1) is 17.8. The Morgan fingerprint density at radius 1 is 1.18 bits per heavy atom. The second-order valence-electron chi connectivity index (χ2n) is 6.33. The predicted molar refractivity (Wildman–Crippen MR) is 91.9 cm³/mol. The van der Waals surface area contributed by atoms with Gasteiger partial charge in [0.15, 0.2) is 0 Å². The number of rotatable bonds is 8. The van der Waals surface area contributed by atoms with Crippen molar-refractivity contribution in [1.82, 2.24) is 4.90 Å². The molecule has 122 valence electrons. The number of halogens is 1. The van der Waals surface area contributed by atoms with Gasteiger partial charge in [-0.3, -0.25) is 0 Å². The van der Waals surface area contributed by atoms with Crippen LogP contribution in [-0.2, 0) is 6.42 Å². The highest BCUT2D eigenvalue weighted by atomic mass is 35.5. The lowest BCUT2D eigenvalue weighted by atomic mass is 9.82. The van der Waals surface area contributed by atoms with Gasteiger partial charge in [0.05, 0.1) is 0 Å². The summed E-state index contributed by atoms with van der Waals surface area (Å²) in [6.07, 6.45) is 4.43. The number of aryl methyl sites for hydroxylation is 1. The van der Waals surface area contributed by atoms with E-state index in [0.717, 1.165) is 50.3 Å². The number of likely N-dealkylation sites (tertiary alicyclic amines) is 1. The molecule has 0 saturated carbocycles. The molecule has 6 heteroatoms. The van der Waals surface area contributed by atoms with Crippen LogP contribution >= 0.6 is 11.6 Å². The van der Waals surface area contributed by atoms with Gasteiger partial charge in [-0.25, -0.2) is 0 Å². The van der Waals surface area contributed by atoms with Crippen molar-refractivity contribution in [3.8, 4) is 0 Å². The highest BCUT2D eigenvalue weighted by Gasteiger charge is 2.29. The van der Waals surface area contributed by atoms with Gasteiger partial charge in [0.25, 0.3) is 0 Å². The summed E-state index contributed by atoms with van der Waals surface area (Å²) in [6, 6.07) is 8.26. The van der Waals surface area contributed by atoms with E-state index >= 15 is 0 Å². The maximum Gasteiger partial charge on any atom is 0.451 e. The van der Waals surface area contributed by atoms with Crippen LogP contribution in [0.1, 0.15) is 24.8 Å². The van der Waals surface area contributed by atoms with Crippen molar-refractivity contribution in [3.05, 3.63) is 34.9 Å². The van der Waals surface area contributed by atoms with Gasteiger partial charge in [-0.05, 0) is 55.7 Å². The first-order valence-corrected chi connectivity index (χ1v) is 8.51. The monoisotopic (exact) mass is 324 g/mol. The molecule has 1 aliphatic rings. The van der Waals surface area contributed by atoms with E-state index in [1.165, 1.54) is 5.56 Å². The van der Waals surface area contributed by atoms with E-state index in [-0.39, 0.29) is 6.04 Å². The summed E-state index contributed by atoms with van der Waals surface area (Å²) in [5.74, 6) is 0.481. The maximum absolute atomic E-state index is 8.89. The van der Waals surface area contributed by atoms with Crippen molar-refractivity contribution < 1.29 is 10.0 Å². The molecule has 1 aromatic rings. The fraction of sp³-hybridized carbons (Fsp3) is 0.625. The van der Waals surface area contributed by atoms with Gasteiger partial charge >= 0.3 is 7.12 Å². The Balaban J connectivity index is 1.65. The third-order valence-corrected chi connectivity index (χ3v) is 4.71. The molecule has 0 radical (unpaired) electrons. The molecular formula is C16H26BClN2O2. The molecule has 0 spiro atoms. The molecule has 2 rings (SSSR count). The minimum atomic E-state index is -1.19. The minimum Gasteiger partial charge on any atom is -0.427 e. The molecule has 1 aromatic carbocycles. The molecular weight excluding hydrogens is 298 g/mol. The van der Waals surface area contributed by atoms with E-state index < -0.39 is 7.12 Å². The van der Waals surface area contributed by atoms with Crippen molar-refractivity contribution in [2.24, 2.45) is 11.7 Å². The largest absolute Gasteiger partial charge is 0.451 e. The maximum atomic E-state index is 8.89. The van der Waals surface area contributed by atoms with Crippen molar-refractivity contribution in [1.29, 1.82) is 0 Å². The normalized spacial score (nSPS) is 22.2. The van der Waals surface area contributed by atoms with Gasteiger partial charge in [-0.2, -0.15) is 0 Å². The third kappa shape index (κ3) is 5.90. The molecule has 4 N–H and O–H groups in total. The average molecular weight is 325 g/mol. The Hall–Kier alpha value is -0.585. The summed E-state index contributed by atoms with van der Waals surface area (Å²) in [7, 11) is -1.19. The quantitative estimate of drug-likeness (QED) is 0.638. The molecule has 0 aromatic heterocycles. The van der Waals surface area contributed by atoms with Gasteiger partial charge in [0, 0.05) is 24.2 Å². The first-order valence-electron chi connectivity index (χ1n) is 8.13. The topological polar surface area (TPSA) is 69.7 Å². The number of hydrogen-bond donors (Lipinski definition) is 3. The van der Waals surface area contributed by atoms with Gasteiger partial charge in [-0.15, -0.1) is 0 Å². The molecule has 1 aliphatic heterocycles. The van der Waals surface area contributed by atoms with Crippen LogP contribution in [0.15, 0.2) is 24.3 Å². The van der Waals surface area contributed by atoms with Gasteiger partial charge < -0.3 is 20.7 Å². The van der Waals surface area contributed by atoms with E-state index in [9.17, 15) is 0 Å². The highest BCUT2D eigenvalue weighted by molar-refractivity contribution is 6.40. The van der Waals surface area contributed by atoms with Crippen molar-refractivity contribution >= 4 is 18.7 Å². The molecule has 22 heavy (non-hydrogen) atoms. The van der Waals surface area contributed by atoms with E-state index in [4.69, 9.17) is 27.4 Å². The lowest BCUT2D eigenvalue weighted by molar-refractivity contribution is 0.315. The zero-order chi connectivity index (χ0) is 15.9. The van der Waals surface area contributed by atoms with Crippen molar-refractivity contribution in [3.63, 3.8) is 0 Å². The van der Waals surface area contributed by atoms with Crippen LogP contribution in [0.25, 0.3) is 0 Å². The summed E-state index contributed by atoms with van der Waals surface area (Å²) in [6.45, 7) is 3.05. The number of hydrogen-bond acceptors (Lipinski definition) is 4. The summed E-state index contributed by atoms with van der Waals surface area (Å²) in [5.41, 5.74) is 7.53. The molecule has 0 amide bonds. The van der Waals surface area contributed by atoms with E-state index in [2.05, 4.69) is 17.0 Å². The Kier molecular flexibility index (Phi) is 7.18. The average Bonchev–Trinajstić information content (AvgIpc) is 2.81. The van der Waals surface area contributed by atoms with Crippen LogP contribution < -0.4 is 5.73 Å². The van der Waals surface area contributed by atoms with Gasteiger partial charge in [0.2, 0.25) is 0 Å². The van der Waals surface area contributed by atoms with Crippen molar-refractivity contribution in [2.45, 2.75) is 38.0 Å². The molecule has 0 bridgehead atoms. The fourth-order valence-electron chi connectivity index (χ4n) is 3.20. The zero-order valence-electron chi connectivity index (χ0n) is 13.0. The SMILES string of the molecule is N[C@H]1CN(CCCc2ccc(Cl)cc2)C[C@@H]1CCCB(O)O. The molecule has 1 heterocycles. The highest BCUT2D eigenvalue weighted by Crippen LogP contribution is 2.22. The van der Waals surface area contributed by atoms with E-state index in [1.807, 2.05) is 12.1 Å². The number of nitrogens with zero attached hydrogens (tertiary/aromatic N) is 1. The zero-order valence-corrected chi connectivity index (χ0v) is 13.8. The van der Waals surface area contributed by atoms with Crippen LogP contribution in [0.3, 0.4) is 0 Å². The van der Waals surface area contributed by atoms with Gasteiger partial charge in [-0.1, -0.05) is 30.2 Å². The molecule has 4 nitrogen and oxygen atoms in total. The Labute approximate surface area is 138 Å². The van der Waals surface area contributed by atoms with Crippen LogP contribution in [0, 0.1) is 5.92 Å². The van der Waals surface area contributed by atoms with E-state index in [0.29, 0.717) is 12.2 Å². The second-order valence-corrected chi connectivity index (χ2v) is 6.76. The molecule has 0 unspecified atom stereocenters. The minimum absolute atomic E-state index is 0.214. The molecule has 0 aliphatic carbocycles. The Morgan fingerprint density at radius 2 is 1.91 bits per heavy atom. The third-order valence-electron chi connectivity index (χ3n) is 4.46. The summed E-state index contributed by atoms with van der Waals surface area (Å²) >= 11 is 5.89. The van der Waals surface area contributed by atoms with Crippen LogP contribution in [0.2, 0.25) is 11.3 Å².